The molecule has 1 fully saturated rings. The second kappa shape index (κ2) is 6.83. The molecule has 1 aromatic carbocycles. The summed E-state index contributed by atoms with van der Waals surface area (Å²) < 4.78 is 0. The van der Waals surface area contributed by atoms with Crippen molar-refractivity contribution in [1.82, 2.24) is 0 Å². The van der Waals surface area contributed by atoms with Crippen molar-refractivity contribution in [1.29, 1.82) is 0 Å². The van der Waals surface area contributed by atoms with Gasteiger partial charge in [-0.3, -0.25) is 0 Å². The van der Waals surface area contributed by atoms with E-state index in [9.17, 15) is 4.79 Å². The largest absolute Gasteiger partial charge is 0.368 e. The van der Waals surface area contributed by atoms with Gasteiger partial charge in [0.1, 0.15) is 5.71 Å². The van der Waals surface area contributed by atoms with Gasteiger partial charge >= 0.3 is 5.97 Å². The van der Waals surface area contributed by atoms with Crippen LogP contribution in [-0.4, -0.2) is 36.3 Å². The van der Waals surface area contributed by atoms with Crippen LogP contribution < -0.4 is 4.90 Å². The lowest BCUT2D eigenvalue weighted by Crippen LogP contribution is -2.31. The Morgan fingerprint density at radius 2 is 1.88 bits per heavy atom. The first-order valence-corrected chi connectivity index (χ1v) is 9.78. The van der Waals surface area contributed by atoms with Crippen molar-refractivity contribution < 1.29 is 9.63 Å². The van der Waals surface area contributed by atoms with Gasteiger partial charge in [0.05, 0.1) is 10.6 Å². The average molecular weight is 356 g/mol. The molecule has 0 amide bonds. The third-order valence-corrected chi connectivity index (χ3v) is 6.00. The number of thiophene rings is 1. The van der Waals surface area contributed by atoms with Crippen LogP contribution in [-0.2, 0) is 9.63 Å². The Labute approximate surface area is 148 Å². The van der Waals surface area contributed by atoms with Gasteiger partial charge in [-0.05, 0) is 18.2 Å². The highest BCUT2D eigenvalue weighted by molar-refractivity contribution is 7.99. The third-order valence-electron chi connectivity index (χ3n) is 3.96. The number of carbonyl (C=O) groups is 1. The van der Waals surface area contributed by atoms with Crippen molar-refractivity contribution in [3.8, 4) is 0 Å². The summed E-state index contributed by atoms with van der Waals surface area (Å²) >= 11 is 3.70. The minimum atomic E-state index is -0.391. The van der Waals surface area contributed by atoms with Crippen LogP contribution in [0.1, 0.15) is 10.4 Å². The van der Waals surface area contributed by atoms with Gasteiger partial charge in [0.25, 0.3) is 0 Å². The lowest BCUT2D eigenvalue weighted by atomic mass is 10.0. The van der Waals surface area contributed by atoms with E-state index in [1.165, 1.54) is 16.5 Å². The molecule has 0 saturated carbocycles. The molecule has 0 radical (unpaired) electrons. The number of rotatable bonds is 3. The molecule has 3 heterocycles. The van der Waals surface area contributed by atoms with Crippen LogP contribution in [0.4, 0.5) is 5.00 Å². The van der Waals surface area contributed by atoms with Gasteiger partial charge in [-0.25, -0.2) is 4.79 Å². The third kappa shape index (κ3) is 3.12. The summed E-state index contributed by atoms with van der Waals surface area (Å²) in [6.45, 7) is 2.17. The van der Waals surface area contributed by atoms with Crippen molar-refractivity contribution in [2.24, 2.45) is 5.16 Å². The Bertz CT molecular complexity index is 805. The van der Waals surface area contributed by atoms with E-state index in [0.717, 1.165) is 23.5 Å². The number of hydrogen-bond donors (Lipinski definition) is 0. The van der Waals surface area contributed by atoms with Crippen LogP contribution in [0.25, 0.3) is 6.08 Å². The monoisotopic (exact) mass is 356 g/mol. The fraction of sp³-hybridized carbons (Fsp3) is 0.222. The van der Waals surface area contributed by atoms with Crippen molar-refractivity contribution in [2.45, 2.75) is 0 Å². The Balaban J connectivity index is 1.61. The average Bonchev–Trinajstić information content (AvgIpc) is 3.25. The van der Waals surface area contributed by atoms with Gasteiger partial charge in [-0.2, -0.15) is 11.8 Å². The maximum atomic E-state index is 12.1. The number of hydrogen-bond acceptors (Lipinski definition) is 6. The maximum absolute atomic E-state index is 12.1. The summed E-state index contributed by atoms with van der Waals surface area (Å²) in [7, 11) is 0. The summed E-state index contributed by atoms with van der Waals surface area (Å²) in [5.74, 6) is 1.95. The van der Waals surface area contributed by atoms with E-state index in [-0.39, 0.29) is 0 Å². The topological polar surface area (TPSA) is 41.9 Å². The summed E-state index contributed by atoms with van der Waals surface area (Å²) in [6, 6.07) is 13.8. The smallest absolute Gasteiger partial charge is 0.362 e. The van der Waals surface area contributed by atoms with Gasteiger partial charge in [0, 0.05) is 35.0 Å². The normalized spacial score (nSPS) is 19.5. The minimum absolute atomic E-state index is 0.391. The molecule has 4 nitrogen and oxygen atoms in total. The Morgan fingerprint density at radius 3 is 2.67 bits per heavy atom. The molecule has 2 aromatic rings. The van der Waals surface area contributed by atoms with Gasteiger partial charge < -0.3 is 9.74 Å². The standard InChI is InChI=1S/C18H16N2O2S2/c21-18-15(17(19-22-18)13-4-2-1-3-5-13)12-14-6-7-16(24-14)20-8-10-23-11-9-20/h1-7,12H,8-11H2/b15-12+. The molecule has 6 heteroatoms. The second-order valence-electron chi connectivity index (χ2n) is 5.52. The molecule has 2 aliphatic heterocycles. The lowest BCUT2D eigenvalue weighted by Gasteiger charge is -2.26. The zero-order valence-electron chi connectivity index (χ0n) is 13.0. The lowest BCUT2D eigenvalue weighted by molar-refractivity contribution is -0.136. The number of carbonyl (C=O) groups excluding carboxylic acids is 1. The number of benzene rings is 1. The van der Waals surface area contributed by atoms with E-state index in [2.05, 4.69) is 22.2 Å². The second-order valence-corrected chi connectivity index (χ2v) is 7.84. The Kier molecular flexibility index (Phi) is 4.40. The van der Waals surface area contributed by atoms with Gasteiger partial charge in [-0.1, -0.05) is 35.5 Å². The zero-order chi connectivity index (χ0) is 16.4. The number of oxime groups is 1. The number of nitrogens with zero attached hydrogens (tertiary/aromatic N) is 2. The molecule has 2 aliphatic rings. The molecule has 24 heavy (non-hydrogen) atoms. The van der Waals surface area contributed by atoms with E-state index >= 15 is 0 Å². The molecule has 0 aliphatic carbocycles. The highest BCUT2D eigenvalue weighted by Crippen LogP contribution is 2.31. The number of thioether (sulfide) groups is 1. The molecule has 0 bridgehead atoms. The quantitative estimate of drug-likeness (QED) is 0.622. The SMILES string of the molecule is O=C1ON=C(c2ccccc2)/C1=C\c1ccc(N2CCSCC2)s1. The van der Waals surface area contributed by atoms with Crippen LogP contribution in [0, 0.1) is 0 Å². The van der Waals surface area contributed by atoms with E-state index in [0.29, 0.717) is 11.3 Å². The molecule has 0 spiro atoms. The minimum Gasteiger partial charge on any atom is -0.362 e. The van der Waals surface area contributed by atoms with Crippen LogP contribution in [0.3, 0.4) is 0 Å². The molecule has 0 unspecified atom stereocenters. The summed E-state index contributed by atoms with van der Waals surface area (Å²) in [5.41, 5.74) is 2.01. The van der Waals surface area contributed by atoms with E-state index in [1.54, 1.807) is 11.3 Å². The van der Waals surface area contributed by atoms with Gasteiger partial charge in [-0.15, -0.1) is 11.3 Å². The van der Waals surface area contributed by atoms with Crippen molar-refractivity contribution in [2.75, 3.05) is 29.5 Å². The predicted molar refractivity (Wildman–Crippen MR) is 101 cm³/mol. The molecule has 4 rings (SSSR count). The molecule has 122 valence electrons. The van der Waals surface area contributed by atoms with Gasteiger partial charge in [0.2, 0.25) is 0 Å². The molecule has 0 atom stereocenters. The maximum Gasteiger partial charge on any atom is 0.368 e. The van der Waals surface area contributed by atoms with Crippen molar-refractivity contribution in [3.63, 3.8) is 0 Å². The fourth-order valence-electron chi connectivity index (χ4n) is 2.73. The summed E-state index contributed by atoms with van der Waals surface area (Å²) in [4.78, 5) is 20.4. The van der Waals surface area contributed by atoms with Crippen molar-refractivity contribution >= 4 is 45.9 Å². The molecule has 1 aromatic heterocycles. The molecule has 1 saturated heterocycles. The first-order valence-electron chi connectivity index (χ1n) is 7.80. The van der Waals surface area contributed by atoms with Gasteiger partial charge in [0.15, 0.2) is 0 Å². The molecule has 0 N–H and O–H groups in total. The highest BCUT2D eigenvalue weighted by atomic mass is 32.2. The Morgan fingerprint density at radius 1 is 1.08 bits per heavy atom. The molecular formula is C18H16N2O2S2. The van der Waals surface area contributed by atoms with E-state index in [4.69, 9.17) is 4.84 Å². The summed E-state index contributed by atoms with van der Waals surface area (Å²) in [6.07, 6.45) is 1.88. The van der Waals surface area contributed by atoms with Crippen LogP contribution in [0.5, 0.6) is 0 Å². The van der Waals surface area contributed by atoms with Crippen LogP contribution in [0.15, 0.2) is 53.2 Å². The van der Waals surface area contributed by atoms with E-state index < -0.39 is 5.97 Å². The van der Waals surface area contributed by atoms with Crippen LogP contribution >= 0.6 is 23.1 Å². The zero-order valence-corrected chi connectivity index (χ0v) is 14.6. The van der Waals surface area contributed by atoms with E-state index in [1.807, 2.05) is 48.2 Å². The highest BCUT2D eigenvalue weighted by Gasteiger charge is 2.27. The van der Waals surface area contributed by atoms with Crippen molar-refractivity contribution in [3.05, 3.63) is 58.5 Å². The predicted octanol–water partition coefficient (Wildman–Crippen LogP) is 3.65. The Hall–Kier alpha value is -2.05. The molecular weight excluding hydrogens is 340 g/mol. The number of anilines is 1. The first-order chi connectivity index (χ1) is 11.8. The van der Waals surface area contributed by atoms with Crippen LogP contribution in [0.2, 0.25) is 0 Å². The fourth-order valence-corrected chi connectivity index (χ4v) is 4.63. The summed E-state index contributed by atoms with van der Waals surface area (Å²) in [5, 5.41) is 5.21. The first kappa shape index (κ1) is 15.5.